The fraction of sp³-hybridized carbons (Fsp3) is 0.308. The first-order valence-corrected chi connectivity index (χ1v) is 16.2. The third-order valence-corrected chi connectivity index (χ3v) is 9.27. The molecule has 0 spiro atoms. The maximum atomic E-state index is 13.2. The summed E-state index contributed by atoms with van der Waals surface area (Å²) in [5.74, 6) is 0.234. The van der Waals surface area contributed by atoms with Gasteiger partial charge in [-0.05, 0) is 73.5 Å². The average Bonchev–Trinajstić information content (AvgIpc) is 3.09. The molecule has 0 aliphatic carbocycles. The van der Waals surface area contributed by atoms with Gasteiger partial charge in [0.2, 0.25) is 0 Å². The van der Waals surface area contributed by atoms with Crippen molar-refractivity contribution in [3.8, 4) is 0 Å². The molecular weight excluding hydrogens is 572 g/mol. The van der Waals surface area contributed by atoms with Crippen molar-refractivity contribution in [1.29, 1.82) is 0 Å². The standard InChI is InChI=1S/C39H42N4O3/c1-29(44)33-11-15-37(16-12-33)42-23-19-40(20-24-42)27-31-3-7-35(8-4-31)39(46)36-9-5-32(6-10-36)28-41-21-25-43(26-22-41)38-17-13-34(14-18-38)30(2)45/h3-18H,19-28H2,1-2H3. The molecule has 0 saturated carbocycles. The summed E-state index contributed by atoms with van der Waals surface area (Å²) in [7, 11) is 0. The molecule has 46 heavy (non-hydrogen) atoms. The van der Waals surface area contributed by atoms with Gasteiger partial charge in [0.25, 0.3) is 0 Å². The summed E-state index contributed by atoms with van der Waals surface area (Å²) in [6, 6.07) is 31.9. The number of hydrogen-bond acceptors (Lipinski definition) is 7. The lowest BCUT2D eigenvalue weighted by molar-refractivity contribution is 0.100. The number of nitrogens with zero attached hydrogens (tertiary/aromatic N) is 4. The van der Waals surface area contributed by atoms with Gasteiger partial charge in [0, 0.05) is 99.1 Å². The van der Waals surface area contributed by atoms with Crippen LogP contribution in [-0.4, -0.2) is 79.5 Å². The third kappa shape index (κ3) is 7.61. The highest BCUT2D eigenvalue weighted by molar-refractivity contribution is 6.09. The van der Waals surface area contributed by atoms with Crippen LogP contribution < -0.4 is 9.80 Å². The predicted octanol–water partition coefficient (Wildman–Crippen LogP) is 5.97. The number of Topliss-reactive ketones (excluding diaryl/α,β-unsaturated/α-hetero) is 2. The van der Waals surface area contributed by atoms with E-state index in [4.69, 9.17) is 0 Å². The zero-order valence-corrected chi connectivity index (χ0v) is 26.8. The first kappa shape index (κ1) is 31.4. The fourth-order valence-electron chi connectivity index (χ4n) is 6.35. The van der Waals surface area contributed by atoms with E-state index in [1.165, 1.54) is 11.1 Å². The minimum absolute atomic E-state index is 0.0481. The van der Waals surface area contributed by atoms with Gasteiger partial charge >= 0.3 is 0 Å². The molecule has 2 heterocycles. The van der Waals surface area contributed by atoms with Crippen molar-refractivity contribution in [2.75, 3.05) is 62.2 Å². The van der Waals surface area contributed by atoms with Crippen molar-refractivity contribution in [2.24, 2.45) is 0 Å². The molecule has 7 heteroatoms. The number of piperazine rings is 2. The Morgan fingerprint density at radius 1 is 0.435 bits per heavy atom. The Morgan fingerprint density at radius 2 is 0.739 bits per heavy atom. The summed E-state index contributed by atoms with van der Waals surface area (Å²) in [6.07, 6.45) is 0. The second-order valence-electron chi connectivity index (χ2n) is 12.5. The number of hydrogen-bond donors (Lipinski definition) is 0. The van der Waals surface area contributed by atoms with Crippen LogP contribution in [0.5, 0.6) is 0 Å². The number of benzene rings is 4. The van der Waals surface area contributed by atoms with Crippen molar-refractivity contribution in [3.63, 3.8) is 0 Å². The highest BCUT2D eigenvalue weighted by Crippen LogP contribution is 2.21. The van der Waals surface area contributed by atoms with Crippen LogP contribution in [0.15, 0.2) is 97.1 Å². The average molecular weight is 615 g/mol. The lowest BCUT2D eigenvalue weighted by Gasteiger charge is -2.36. The van der Waals surface area contributed by atoms with E-state index in [-0.39, 0.29) is 17.3 Å². The molecule has 2 aliphatic rings. The molecule has 2 aliphatic heterocycles. The van der Waals surface area contributed by atoms with Gasteiger partial charge in [-0.3, -0.25) is 24.2 Å². The van der Waals surface area contributed by atoms with Crippen LogP contribution in [0.3, 0.4) is 0 Å². The summed E-state index contributed by atoms with van der Waals surface area (Å²) >= 11 is 0. The van der Waals surface area contributed by atoms with Crippen LogP contribution in [0, 0.1) is 0 Å². The first-order valence-electron chi connectivity index (χ1n) is 16.2. The van der Waals surface area contributed by atoms with Gasteiger partial charge in [-0.15, -0.1) is 0 Å². The summed E-state index contributed by atoms with van der Waals surface area (Å²) in [4.78, 5) is 46.0. The van der Waals surface area contributed by atoms with E-state index >= 15 is 0 Å². The van der Waals surface area contributed by atoms with Gasteiger partial charge in [0.15, 0.2) is 17.3 Å². The molecule has 4 aromatic rings. The molecular formula is C39H42N4O3. The van der Waals surface area contributed by atoms with E-state index in [0.29, 0.717) is 11.1 Å². The number of rotatable bonds is 10. The maximum absolute atomic E-state index is 13.2. The molecule has 0 bridgehead atoms. The van der Waals surface area contributed by atoms with E-state index in [9.17, 15) is 14.4 Å². The molecule has 7 nitrogen and oxygen atoms in total. The molecule has 0 unspecified atom stereocenters. The Morgan fingerprint density at radius 3 is 1.04 bits per heavy atom. The quantitative estimate of drug-likeness (QED) is 0.204. The van der Waals surface area contributed by atoms with E-state index in [2.05, 4.69) is 43.9 Å². The Kier molecular flexibility index (Phi) is 9.71. The number of carbonyl (C=O) groups excluding carboxylic acids is 3. The number of carbonyl (C=O) groups is 3. The SMILES string of the molecule is CC(=O)c1ccc(N2CCN(Cc3ccc(C(=O)c4ccc(CN5CCN(c6ccc(C(C)=O)cc6)CC5)cc4)cc3)CC2)cc1. The van der Waals surface area contributed by atoms with Crippen LogP contribution in [0.2, 0.25) is 0 Å². The molecule has 0 N–H and O–H groups in total. The number of anilines is 2. The highest BCUT2D eigenvalue weighted by atomic mass is 16.1. The van der Waals surface area contributed by atoms with Gasteiger partial charge < -0.3 is 9.80 Å². The minimum Gasteiger partial charge on any atom is -0.369 e. The van der Waals surface area contributed by atoms with E-state index < -0.39 is 0 Å². The van der Waals surface area contributed by atoms with Crippen LogP contribution in [0.1, 0.15) is 61.6 Å². The third-order valence-electron chi connectivity index (χ3n) is 9.27. The second-order valence-corrected chi connectivity index (χ2v) is 12.5. The van der Waals surface area contributed by atoms with Gasteiger partial charge in [-0.25, -0.2) is 0 Å². The van der Waals surface area contributed by atoms with Gasteiger partial charge in [0.1, 0.15) is 0 Å². The molecule has 0 amide bonds. The van der Waals surface area contributed by atoms with Crippen LogP contribution in [0.4, 0.5) is 11.4 Å². The summed E-state index contributed by atoms with van der Waals surface area (Å²) in [5, 5.41) is 0. The van der Waals surface area contributed by atoms with Crippen LogP contribution in [0.25, 0.3) is 0 Å². The molecule has 2 saturated heterocycles. The van der Waals surface area contributed by atoms with Crippen molar-refractivity contribution < 1.29 is 14.4 Å². The Labute approximate surface area is 272 Å². The molecule has 4 aromatic carbocycles. The van der Waals surface area contributed by atoms with E-state index in [1.54, 1.807) is 13.8 Å². The second kappa shape index (κ2) is 14.2. The normalized spacial score (nSPS) is 16.0. The van der Waals surface area contributed by atoms with Crippen molar-refractivity contribution >= 4 is 28.7 Å². The van der Waals surface area contributed by atoms with Crippen molar-refractivity contribution in [2.45, 2.75) is 26.9 Å². The molecule has 0 radical (unpaired) electrons. The van der Waals surface area contributed by atoms with Gasteiger partial charge in [-0.1, -0.05) is 48.5 Å². The molecule has 0 aromatic heterocycles. The maximum Gasteiger partial charge on any atom is 0.193 e. The summed E-state index contributed by atoms with van der Waals surface area (Å²) in [5.41, 5.74) is 7.66. The topological polar surface area (TPSA) is 64.2 Å². The highest BCUT2D eigenvalue weighted by Gasteiger charge is 2.20. The summed E-state index contributed by atoms with van der Waals surface area (Å²) in [6.45, 7) is 12.6. The molecule has 2 fully saturated rings. The zero-order chi connectivity index (χ0) is 32.0. The minimum atomic E-state index is 0.0481. The van der Waals surface area contributed by atoms with Crippen molar-refractivity contribution in [3.05, 3.63) is 130 Å². The van der Waals surface area contributed by atoms with Crippen molar-refractivity contribution in [1.82, 2.24) is 9.80 Å². The lowest BCUT2D eigenvalue weighted by Crippen LogP contribution is -2.45. The molecule has 6 rings (SSSR count). The Bertz CT molecular complexity index is 1520. The first-order chi connectivity index (χ1) is 22.3. The van der Waals surface area contributed by atoms with Crippen LogP contribution >= 0.6 is 0 Å². The fourth-order valence-corrected chi connectivity index (χ4v) is 6.35. The van der Waals surface area contributed by atoms with Gasteiger partial charge in [0.05, 0.1) is 0 Å². The number of ketones is 3. The Balaban J connectivity index is 0.955. The summed E-state index contributed by atoms with van der Waals surface area (Å²) < 4.78 is 0. The van der Waals surface area contributed by atoms with E-state index in [1.807, 2.05) is 72.8 Å². The lowest BCUT2D eigenvalue weighted by atomic mass is 10.0. The Hall–Kier alpha value is -4.59. The zero-order valence-electron chi connectivity index (χ0n) is 26.8. The monoisotopic (exact) mass is 614 g/mol. The van der Waals surface area contributed by atoms with Crippen LogP contribution in [-0.2, 0) is 13.1 Å². The van der Waals surface area contributed by atoms with E-state index in [0.717, 1.165) is 87.9 Å². The largest absolute Gasteiger partial charge is 0.369 e. The molecule has 0 atom stereocenters. The predicted molar refractivity (Wildman–Crippen MR) is 184 cm³/mol. The van der Waals surface area contributed by atoms with Gasteiger partial charge in [-0.2, -0.15) is 0 Å². The molecule has 236 valence electrons. The smallest absolute Gasteiger partial charge is 0.193 e.